The lowest BCUT2D eigenvalue weighted by Crippen LogP contribution is -2.54. The predicted octanol–water partition coefficient (Wildman–Crippen LogP) is 4.97. The second-order valence-corrected chi connectivity index (χ2v) is 10.8. The Kier molecular flexibility index (Phi) is 9.47. The van der Waals surface area contributed by atoms with Gasteiger partial charge in [-0.3, -0.25) is 9.59 Å². The van der Waals surface area contributed by atoms with Gasteiger partial charge in [-0.05, 0) is 55.3 Å². The molecule has 1 fully saturated rings. The summed E-state index contributed by atoms with van der Waals surface area (Å²) >= 11 is 1.63. The minimum absolute atomic E-state index is 0.0457. The maximum absolute atomic E-state index is 13.6. The number of rotatable bonds is 11. The van der Waals surface area contributed by atoms with E-state index in [1.807, 2.05) is 42.8 Å². The van der Waals surface area contributed by atoms with Crippen LogP contribution in [0.25, 0.3) is 10.4 Å². The summed E-state index contributed by atoms with van der Waals surface area (Å²) in [6.07, 6.45) is 3.32. The normalized spacial score (nSPS) is 16.9. The molecular weight excluding hydrogens is 480 g/mol. The van der Waals surface area contributed by atoms with Crippen LogP contribution in [-0.4, -0.2) is 46.9 Å². The molecular formula is C30H38N4O2S. The van der Waals surface area contributed by atoms with Crippen LogP contribution in [0.1, 0.15) is 49.9 Å². The van der Waals surface area contributed by atoms with Gasteiger partial charge in [0.2, 0.25) is 11.8 Å². The van der Waals surface area contributed by atoms with E-state index in [4.69, 9.17) is 0 Å². The second-order valence-electron chi connectivity index (χ2n) is 9.92. The fourth-order valence-electron chi connectivity index (χ4n) is 4.93. The maximum atomic E-state index is 13.6. The largest absolute Gasteiger partial charge is 0.350 e. The van der Waals surface area contributed by atoms with Gasteiger partial charge in [0.1, 0.15) is 6.04 Å². The smallest absolute Gasteiger partial charge is 0.243 e. The van der Waals surface area contributed by atoms with Crippen molar-refractivity contribution in [2.45, 2.75) is 65.1 Å². The molecule has 1 saturated heterocycles. The number of hydrogen-bond acceptors (Lipinski definition) is 5. The SMILES string of the molecule is CCC(C)C(NCCc1ccccc1)C(=O)N1CCCC1C(=O)NCc1ccc(-c2scnc2C)cc1. The highest BCUT2D eigenvalue weighted by Gasteiger charge is 2.38. The number of nitrogens with zero attached hydrogens (tertiary/aromatic N) is 2. The van der Waals surface area contributed by atoms with E-state index in [0.717, 1.165) is 42.6 Å². The van der Waals surface area contributed by atoms with Crippen LogP contribution in [0.4, 0.5) is 0 Å². The Bertz CT molecular complexity index is 1160. The van der Waals surface area contributed by atoms with Crippen molar-refractivity contribution in [2.75, 3.05) is 13.1 Å². The van der Waals surface area contributed by atoms with Gasteiger partial charge in [-0.15, -0.1) is 11.3 Å². The van der Waals surface area contributed by atoms with Crippen LogP contribution in [0.15, 0.2) is 60.1 Å². The lowest BCUT2D eigenvalue weighted by Gasteiger charge is -2.31. The molecule has 4 rings (SSSR count). The highest BCUT2D eigenvalue weighted by atomic mass is 32.1. The number of hydrogen-bond donors (Lipinski definition) is 2. The van der Waals surface area contributed by atoms with Crippen molar-refractivity contribution < 1.29 is 9.59 Å². The number of amides is 2. The summed E-state index contributed by atoms with van der Waals surface area (Å²) < 4.78 is 0. The van der Waals surface area contributed by atoms with Crippen LogP contribution < -0.4 is 10.6 Å². The van der Waals surface area contributed by atoms with E-state index >= 15 is 0 Å². The fraction of sp³-hybridized carbons (Fsp3) is 0.433. The molecule has 0 saturated carbocycles. The number of carbonyl (C=O) groups is 2. The van der Waals surface area contributed by atoms with Crippen molar-refractivity contribution >= 4 is 23.2 Å². The number of carbonyl (C=O) groups excluding carboxylic acids is 2. The number of aryl methyl sites for hydroxylation is 1. The molecule has 0 bridgehead atoms. The Morgan fingerprint density at radius 3 is 2.54 bits per heavy atom. The standard InChI is InChI=1S/C30H38N4O2S/c1-4-21(2)27(31-17-16-23-9-6-5-7-10-23)30(36)34-18-8-11-26(34)29(35)32-19-24-12-14-25(15-13-24)28-22(3)33-20-37-28/h5-7,9-10,12-15,20-21,26-27,31H,4,8,11,16-19H2,1-3H3,(H,32,35). The fourth-order valence-corrected chi connectivity index (χ4v) is 5.74. The van der Waals surface area contributed by atoms with Crippen LogP contribution >= 0.6 is 11.3 Å². The van der Waals surface area contributed by atoms with E-state index in [2.05, 4.69) is 53.7 Å². The minimum Gasteiger partial charge on any atom is -0.350 e. The van der Waals surface area contributed by atoms with Crippen molar-refractivity contribution in [3.63, 3.8) is 0 Å². The Labute approximate surface area is 224 Å². The first-order chi connectivity index (χ1) is 18.0. The van der Waals surface area contributed by atoms with Crippen LogP contribution in [0.2, 0.25) is 0 Å². The highest BCUT2D eigenvalue weighted by molar-refractivity contribution is 7.13. The Balaban J connectivity index is 1.34. The Hall–Kier alpha value is -3.03. The predicted molar refractivity (Wildman–Crippen MR) is 150 cm³/mol. The number of likely N-dealkylation sites (tertiary alicyclic amines) is 1. The van der Waals surface area contributed by atoms with Gasteiger partial charge in [0.15, 0.2) is 0 Å². The van der Waals surface area contributed by atoms with Crippen molar-refractivity contribution in [3.8, 4) is 10.4 Å². The lowest BCUT2D eigenvalue weighted by atomic mass is 9.97. The molecule has 37 heavy (non-hydrogen) atoms. The third-order valence-corrected chi connectivity index (χ3v) is 8.34. The first-order valence-corrected chi connectivity index (χ1v) is 14.2. The van der Waals surface area contributed by atoms with Gasteiger partial charge in [-0.2, -0.15) is 0 Å². The molecule has 1 aliphatic heterocycles. The van der Waals surface area contributed by atoms with E-state index in [9.17, 15) is 9.59 Å². The van der Waals surface area contributed by atoms with Gasteiger partial charge >= 0.3 is 0 Å². The van der Waals surface area contributed by atoms with E-state index in [1.54, 1.807) is 16.2 Å². The van der Waals surface area contributed by atoms with Crippen molar-refractivity contribution in [1.29, 1.82) is 0 Å². The molecule has 1 aromatic heterocycles. The molecule has 2 amide bonds. The molecule has 1 aliphatic rings. The zero-order chi connectivity index (χ0) is 26.2. The summed E-state index contributed by atoms with van der Waals surface area (Å²) in [7, 11) is 0. The molecule has 2 N–H and O–H groups in total. The van der Waals surface area contributed by atoms with Crippen molar-refractivity contribution in [2.24, 2.45) is 5.92 Å². The molecule has 0 radical (unpaired) electrons. The van der Waals surface area contributed by atoms with Gasteiger partial charge in [-0.25, -0.2) is 4.98 Å². The summed E-state index contributed by atoms with van der Waals surface area (Å²) in [4.78, 5) is 34.1. The first kappa shape index (κ1) is 27.0. The molecule has 3 unspecified atom stereocenters. The van der Waals surface area contributed by atoms with Gasteiger partial charge in [-0.1, -0.05) is 74.9 Å². The molecule has 3 atom stereocenters. The maximum Gasteiger partial charge on any atom is 0.243 e. The van der Waals surface area contributed by atoms with E-state index in [1.165, 1.54) is 10.4 Å². The van der Waals surface area contributed by atoms with Crippen molar-refractivity contribution in [1.82, 2.24) is 20.5 Å². The molecule has 2 aromatic carbocycles. The quantitative estimate of drug-likeness (QED) is 0.376. The molecule has 6 nitrogen and oxygen atoms in total. The monoisotopic (exact) mass is 518 g/mol. The van der Waals surface area contributed by atoms with Gasteiger partial charge < -0.3 is 15.5 Å². The molecule has 0 spiro atoms. The molecule has 3 aromatic rings. The van der Waals surface area contributed by atoms with Crippen LogP contribution in [0.3, 0.4) is 0 Å². The minimum atomic E-state index is -0.408. The summed E-state index contributed by atoms with van der Waals surface area (Å²) in [6, 6.07) is 17.8. The van der Waals surface area contributed by atoms with Gasteiger partial charge in [0, 0.05) is 13.1 Å². The topological polar surface area (TPSA) is 74.3 Å². The zero-order valence-electron chi connectivity index (χ0n) is 22.1. The van der Waals surface area contributed by atoms with Crippen molar-refractivity contribution in [3.05, 3.63) is 76.9 Å². The Morgan fingerprint density at radius 1 is 1.11 bits per heavy atom. The highest BCUT2D eigenvalue weighted by Crippen LogP contribution is 2.27. The number of benzene rings is 2. The lowest BCUT2D eigenvalue weighted by molar-refractivity contribution is -0.141. The third kappa shape index (κ3) is 6.84. The number of thiazole rings is 1. The number of nitrogens with one attached hydrogen (secondary N) is 2. The third-order valence-electron chi connectivity index (χ3n) is 7.37. The van der Waals surface area contributed by atoms with Crippen LogP contribution in [0.5, 0.6) is 0 Å². The average molecular weight is 519 g/mol. The van der Waals surface area contributed by atoms with Gasteiger partial charge in [0.25, 0.3) is 0 Å². The molecule has 196 valence electrons. The summed E-state index contributed by atoms with van der Waals surface area (Å²) in [5, 5.41) is 6.58. The summed E-state index contributed by atoms with van der Waals surface area (Å²) in [5.41, 5.74) is 6.31. The van der Waals surface area contributed by atoms with E-state index in [-0.39, 0.29) is 23.8 Å². The summed E-state index contributed by atoms with van der Waals surface area (Å²) in [6.45, 7) is 8.04. The van der Waals surface area contributed by atoms with Crippen LogP contribution in [-0.2, 0) is 22.6 Å². The zero-order valence-corrected chi connectivity index (χ0v) is 22.9. The summed E-state index contributed by atoms with van der Waals surface area (Å²) in [5.74, 6) is 0.165. The Morgan fingerprint density at radius 2 is 1.86 bits per heavy atom. The molecule has 7 heteroatoms. The second kappa shape index (κ2) is 13.0. The average Bonchev–Trinajstić information content (AvgIpc) is 3.59. The van der Waals surface area contributed by atoms with E-state index < -0.39 is 6.04 Å². The first-order valence-electron chi connectivity index (χ1n) is 13.3. The molecule has 2 heterocycles. The van der Waals surface area contributed by atoms with Gasteiger partial charge in [0.05, 0.1) is 22.1 Å². The number of aromatic nitrogens is 1. The van der Waals surface area contributed by atoms with Crippen LogP contribution in [0, 0.1) is 12.8 Å². The molecule has 0 aliphatic carbocycles. The van der Waals surface area contributed by atoms with E-state index in [0.29, 0.717) is 19.5 Å².